The molecule has 1 saturated heterocycles. The quantitative estimate of drug-likeness (QED) is 0.392. The van der Waals surface area contributed by atoms with Crippen molar-refractivity contribution in [1.29, 1.82) is 0 Å². The molecule has 40 heavy (non-hydrogen) atoms. The Balaban J connectivity index is 2.00. The van der Waals surface area contributed by atoms with Crippen LogP contribution in [0.2, 0.25) is 10.0 Å². The van der Waals surface area contributed by atoms with Crippen LogP contribution >= 0.6 is 23.2 Å². The van der Waals surface area contributed by atoms with Crippen molar-refractivity contribution in [2.24, 2.45) is 5.92 Å². The first-order valence-corrected chi connectivity index (χ1v) is 14.5. The molecule has 0 saturated carbocycles. The van der Waals surface area contributed by atoms with Crippen molar-refractivity contribution in [2.75, 3.05) is 50.1 Å². The van der Waals surface area contributed by atoms with E-state index in [9.17, 15) is 31.2 Å². The zero-order valence-electron chi connectivity index (χ0n) is 21.9. The Morgan fingerprint density at radius 3 is 2.42 bits per heavy atom. The lowest BCUT2D eigenvalue weighted by Gasteiger charge is -2.25. The fraction of sp³-hybridized carbons (Fsp3) is 0.440. The highest BCUT2D eigenvalue weighted by molar-refractivity contribution is 7.91. The first-order chi connectivity index (χ1) is 18.5. The van der Waals surface area contributed by atoms with Crippen LogP contribution in [-0.4, -0.2) is 74.8 Å². The van der Waals surface area contributed by atoms with Gasteiger partial charge >= 0.3 is 12.3 Å². The molecule has 1 aliphatic heterocycles. The molecule has 0 aromatic heterocycles. The molecule has 2 amide bonds. The molecule has 15 heteroatoms. The fourth-order valence-corrected chi connectivity index (χ4v) is 6.18. The van der Waals surface area contributed by atoms with Gasteiger partial charge in [0.1, 0.15) is 0 Å². The Kier molecular flexibility index (Phi) is 9.55. The Labute approximate surface area is 240 Å². The maximum absolute atomic E-state index is 14.2. The molecule has 3 N–H and O–H groups in total. The lowest BCUT2D eigenvalue weighted by molar-refractivity contribution is -0.138. The number of carbonyl (C=O) groups excluding carboxylic acids is 1. The monoisotopic (exact) mass is 624 g/mol. The zero-order valence-corrected chi connectivity index (χ0v) is 24.3. The SMILES string of the molecule is CCS(=O)(=O)c1ccc(Cl)cc1N(C)C(=O)c1cc(C(F)(F)F)c(CN2CC[C@H](CN(C)C(=O)O)C2)c(Cl)c1N. The van der Waals surface area contributed by atoms with E-state index >= 15 is 0 Å². The number of carboxylic acid groups (broad SMARTS) is 1. The number of amides is 2. The fourth-order valence-electron chi connectivity index (χ4n) is 4.65. The summed E-state index contributed by atoms with van der Waals surface area (Å²) < 4.78 is 68.0. The Hall–Kier alpha value is -2.74. The van der Waals surface area contributed by atoms with Gasteiger partial charge in [0.15, 0.2) is 9.84 Å². The lowest BCUT2D eigenvalue weighted by Crippen LogP contribution is -2.32. The molecule has 9 nitrogen and oxygen atoms in total. The summed E-state index contributed by atoms with van der Waals surface area (Å²) in [4.78, 5) is 28.1. The number of benzene rings is 2. The third kappa shape index (κ3) is 6.76. The molecule has 0 aliphatic carbocycles. The van der Waals surface area contributed by atoms with Gasteiger partial charge in [0.05, 0.1) is 38.2 Å². The van der Waals surface area contributed by atoms with Crippen LogP contribution in [0.5, 0.6) is 0 Å². The highest BCUT2D eigenvalue weighted by Gasteiger charge is 2.38. The first kappa shape index (κ1) is 31.8. The molecule has 2 aromatic rings. The van der Waals surface area contributed by atoms with E-state index in [1.54, 1.807) is 4.90 Å². The van der Waals surface area contributed by atoms with Gasteiger partial charge in [-0.05, 0) is 48.7 Å². The lowest BCUT2D eigenvalue weighted by atomic mass is 9.99. The maximum Gasteiger partial charge on any atom is 0.416 e. The number of likely N-dealkylation sites (tertiary alicyclic amines) is 1. The molecule has 0 radical (unpaired) electrons. The minimum atomic E-state index is -4.89. The first-order valence-electron chi connectivity index (χ1n) is 12.1. The molecule has 2 aromatic carbocycles. The van der Waals surface area contributed by atoms with E-state index in [4.69, 9.17) is 34.0 Å². The van der Waals surface area contributed by atoms with Crippen LogP contribution in [-0.2, 0) is 22.6 Å². The molecule has 3 rings (SSSR count). The number of alkyl halides is 3. The van der Waals surface area contributed by atoms with E-state index < -0.39 is 44.2 Å². The summed E-state index contributed by atoms with van der Waals surface area (Å²) in [5.41, 5.74) is 3.59. The van der Waals surface area contributed by atoms with Crippen LogP contribution in [0.4, 0.5) is 29.3 Å². The van der Waals surface area contributed by atoms with Gasteiger partial charge in [-0.3, -0.25) is 9.69 Å². The predicted octanol–water partition coefficient (Wildman–Crippen LogP) is 5.10. The molecule has 1 heterocycles. The summed E-state index contributed by atoms with van der Waals surface area (Å²) in [6.45, 7) is 2.18. The molecule has 1 atom stereocenters. The Morgan fingerprint density at radius 2 is 1.85 bits per heavy atom. The van der Waals surface area contributed by atoms with Gasteiger partial charge in [-0.15, -0.1) is 0 Å². The van der Waals surface area contributed by atoms with Crippen molar-refractivity contribution < 1.29 is 36.3 Å². The number of anilines is 2. The van der Waals surface area contributed by atoms with Crippen LogP contribution in [0.15, 0.2) is 29.2 Å². The van der Waals surface area contributed by atoms with Gasteiger partial charge < -0.3 is 20.6 Å². The number of hydrogen-bond donors (Lipinski definition) is 2. The van der Waals surface area contributed by atoms with Crippen molar-refractivity contribution in [3.8, 4) is 0 Å². The van der Waals surface area contributed by atoms with Crippen LogP contribution < -0.4 is 10.6 Å². The van der Waals surface area contributed by atoms with Crippen molar-refractivity contribution in [3.63, 3.8) is 0 Å². The van der Waals surface area contributed by atoms with Gasteiger partial charge in [-0.25, -0.2) is 13.2 Å². The van der Waals surface area contributed by atoms with E-state index in [1.807, 2.05) is 0 Å². The van der Waals surface area contributed by atoms with E-state index in [1.165, 1.54) is 39.2 Å². The summed E-state index contributed by atoms with van der Waals surface area (Å²) in [5, 5.41) is 8.76. The minimum absolute atomic E-state index is 0.0765. The molecule has 0 bridgehead atoms. The molecular formula is C25H29Cl2F3N4O5S. The average molecular weight is 625 g/mol. The summed E-state index contributed by atoms with van der Waals surface area (Å²) in [7, 11) is -1.20. The van der Waals surface area contributed by atoms with Gasteiger partial charge in [-0.1, -0.05) is 30.1 Å². The topological polar surface area (TPSA) is 124 Å². The molecular weight excluding hydrogens is 596 g/mol. The largest absolute Gasteiger partial charge is 0.465 e. The molecule has 0 unspecified atom stereocenters. The van der Waals surface area contributed by atoms with Crippen LogP contribution in [0.25, 0.3) is 0 Å². The third-order valence-corrected chi connectivity index (χ3v) is 9.30. The highest BCUT2D eigenvalue weighted by Crippen LogP contribution is 2.41. The second kappa shape index (κ2) is 12.0. The Bertz CT molecular complexity index is 1420. The van der Waals surface area contributed by atoms with Crippen molar-refractivity contribution >= 4 is 56.4 Å². The second-order valence-electron chi connectivity index (χ2n) is 9.61. The number of nitrogen functional groups attached to an aromatic ring is 1. The summed E-state index contributed by atoms with van der Waals surface area (Å²) >= 11 is 12.4. The zero-order chi connectivity index (χ0) is 30.2. The highest BCUT2D eigenvalue weighted by atomic mass is 35.5. The number of nitrogens with two attached hydrogens (primary N) is 1. The minimum Gasteiger partial charge on any atom is -0.465 e. The molecule has 1 fully saturated rings. The Morgan fingerprint density at radius 1 is 1.20 bits per heavy atom. The van der Waals surface area contributed by atoms with Crippen LogP contribution in [0, 0.1) is 5.92 Å². The average Bonchev–Trinajstić information content (AvgIpc) is 3.31. The van der Waals surface area contributed by atoms with E-state index in [0.717, 1.165) is 9.80 Å². The van der Waals surface area contributed by atoms with Crippen molar-refractivity contribution in [1.82, 2.24) is 9.80 Å². The van der Waals surface area contributed by atoms with Crippen LogP contribution in [0.3, 0.4) is 0 Å². The number of rotatable bonds is 8. The van der Waals surface area contributed by atoms with Gasteiger partial charge in [0.2, 0.25) is 0 Å². The number of hydrogen-bond acceptors (Lipinski definition) is 6. The molecule has 0 spiro atoms. The number of sulfone groups is 1. The predicted molar refractivity (Wildman–Crippen MR) is 147 cm³/mol. The standard InChI is InChI=1S/C25H29Cl2F3N4O5S/c1-4-40(38,39)20-6-5-15(26)9-19(20)33(3)23(35)16-10-18(25(28,29)30)17(21(27)22(16)31)13-34-8-7-14(12-34)11-32(2)24(36)37/h5-6,9-10,14H,4,7-8,11-13,31H2,1-3H3,(H,36,37)/t14-/m1/s1. The summed E-state index contributed by atoms with van der Waals surface area (Å²) in [5.74, 6) is -1.37. The summed E-state index contributed by atoms with van der Waals surface area (Å²) in [6, 6.07) is 4.40. The van der Waals surface area contributed by atoms with E-state index in [-0.39, 0.29) is 51.6 Å². The van der Waals surface area contributed by atoms with Gasteiger partial charge in [-0.2, -0.15) is 13.2 Å². The van der Waals surface area contributed by atoms with Gasteiger partial charge in [0, 0.05) is 38.8 Å². The second-order valence-corrected chi connectivity index (χ2v) is 12.7. The number of nitrogens with zero attached hydrogens (tertiary/aromatic N) is 3. The molecule has 1 aliphatic rings. The molecule has 220 valence electrons. The van der Waals surface area contributed by atoms with E-state index in [0.29, 0.717) is 25.6 Å². The normalized spacial score (nSPS) is 16.2. The van der Waals surface area contributed by atoms with Crippen molar-refractivity contribution in [2.45, 2.75) is 31.0 Å². The van der Waals surface area contributed by atoms with E-state index in [2.05, 4.69) is 0 Å². The van der Waals surface area contributed by atoms with Crippen molar-refractivity contribution in [3.05, 3.63) is 51.0 Å². The maximum atomic E-state index is 14.2. The summed E-state index contributed by atoms with van der Waals surface area (Å²) in [6.07, 6.45) is -5.41. The number of carbonyl (C=O) groups is 2. The number of halogens is 5. The van der Waals surface area contributed by atoms with Gasteiger partial charge in [0.25, 0.3) is 5.91 Å². The van der Waals surface area contributed by atoms with Crippen LogP contribution in [0.1, 0.15) is 34.8 Å². The smallest absolute Gasteiger partial charge is 0.416 e. The third-order valence-electron chi connectivity index (χ3n) is 6.85.